The van der Waals surface area contributed by atoms with E-state index in [4.69, 9.17) is 32.7 Å². The smallest absolute Gasteiger partial charge is 0.272 e. The molecule has 1 atom stereocenters. The summed E-state index contributed by atoms with van der Waals surface area (Å²) in [4.78, 5) is 41.1. The normalized spacial score (nSPS) is 11.6. The third kappa shape index (κ3) is 9.67. The van der Waals surface area contributed by atoms with Gasteiger partial charge in [-0.05, 0) is 84.4 Å². The van der Waals surface area contributed by atoms with Crippen molar-refractivity contribution in [3.63, 3.8) is 0 Å². The molecule has 5 rings (SSSR count). The van der Waals surface area contributed by atoms with Crippen LogP contribution in [0.25, 0.3) is 6.08 Å². The SMILES string of the molecule is COc1ccc(OC)c(/C=C(\NC(=O)c2ccccc2)C(=O)Nc2ccc(SC(C(=O)Nc3cc(Cl)cc(Cl)c3)c3ccccc3)cc2)c1. The van der Waals surface area contributed by atoms with Crippen molar-refractivity contribution in [3.8, 4) is 11.5 Å². The van der Waals surface area contributed by atoms with Crippen LogP contribution in [0.3, 0.4) is 0 Å². The zero-order valence-electron chi connectivity index (χ0n) is 26.4. The molecule has 5 aromatic carbocycles. The van der Waals surface area contributed by atoms with Crippen molar-refractivity contribution in [3.05, 3.63) is 154 Å². The first-order chi connectivity index (χ1) is 23.7. The number of amides is 3. The Kier molecular flexibility index (Phi) is 12.0. The van der Waals surface area contributed by atoms with E-state index in [1.165, 1.54) is 32.1 Å². The zero-order chi connectivity index (χ0) is 34.8. The van der Waals surface area contributed by atoms with Gasteiger partial charge in [-0.25, -0.2) is 0 Å². The second kappa shape index (κ2) is 16.7. The van der Waals surface area contributed by atoms with Crippen LogP contribution in [0.1, 0.15) is 26.7 Å². The fourth-order valence-electron chi connectivity index (χ4n) is 4.74. The number of thioether (sulfide) groups is 1. The molecule has 49 heavy (non-hydrogen) atoms. The number of ether oxygens (including phenoxy) is 2. The van der Waals surface area contributed by atoms with Gasteiger partial charge in [0.05, 0.1) is 14.2 Å². The Morgan fingerprint density at radius 3 is 2.00 bits per heavy atom. The number of methoxy groups -OCH3 is 2. The fraction of sp³-hybridized carbons (Fsp3) is 0.0789. The zero-order valence-corrected chi connectivity index (χ0v) is 28.7. The minimum absolute atomic E-state index is 0.0132. The molecular formula is C38H31Cl2N3O5S. The monoisotopic (exact) mass is 711 g/mol. The quantitative estimate of drug-likeness (QED) is 0.0882. The summed E-state index contributed by atoms with van der Waals surface area (Å²) in [5.74, 6) is -0.244. The van der Waals surface area contributed by atoms with E-state index in [0.717, 1.165) is 10.5 Å². The molecule has 0 bridgehead atoms. The molecule has 248 valence electrons. The lowest BCUT2D eigenvalue weighted by atomic mass is 10.1. The van der Waals surface area contributed by atoms with Gasteiger partial charge in [-0.3, -0.25) is 14.4 Å². The van der Waals surface area contributed by atoms with Crippen LogP contribution in [0.5, 0.6) is 11.5 Å². The van der Waals surface area contributed by atoms with Gasteiger partial charge < -0.3 is 25.4 Å². The van der Waals surface area contributed by atoms with Crippen LogP contribution in [0.15, 0.2) is 132 Å². The number of carbonyl (C=O) groups is 3. The average molecular weight is 713 g/mol. The first-order valence-corrected chi connectivity index (χ1v) is 16.6. The molecule has 5 aromatic rings. The van der Waals surface area contributed by atoms with E-state index in [1.807, 2.05) is 30.3 Å². The molecule has 0 aliphatic carbocycles. The van der Waals surface area contributed by atoms with Crippen molar-refractivity contribution in [2.24, 2.45) is 0 Å². The maximum absolute atomic E-state index is 13.7. The molecule has 0 aliphatic rings. The van der Waals surface area contributed by atoms with Crippen molar-refractivity contribution in [1.29, 1.82) is 0 Å². The van der Waals surface area contributed by atoms with Crippen LogP contribution in [0, 0.1) is 0 Å². The molecule has 3 amide bonds. The van der Waals surface area contributed by atoms with E-state index in [2.05, 4.69) is 16.0 Å². The number of anilines is 2. The Bertz CT molecular complexity index is 1950. The van der Waals surface area contributed by atoms with Gasteiger partial charge in [-0.15, -0.1) is 11.8 Å². The van der Waals surface area contributed by atoms with Crippen LogP contribution in [-0.2, 0) is 9.59 Å². The van der Waals surface area contributed by atoms with E-state index in [-0.39, 0.29) is 11.6 Å². The lowest BCUT2D eigenvalue weighted by molar-refractivity contribution is -0.116. The van der Waals surface area contributed by atoms with Crippen molar-refractivity contribution in [2.45, 2.75) is 10.1 Å². The number of hydrogen-bond acceptors (Lipinski definition) is 6. The summed E-state index contributed by atoms with van der Waals surface area (Å²) >= 11 is 13.6. The predicted molar refractivity (Wildman–Crippen MR) is 197 cm³/mol. The second-order valence-corrected chi connectivity index (χ2v) is 12.6. The first kappa shape index (κ1) is 35.1. The van der Waals surface area contributed by atoms with E-state index in [9.17, 15) is 14.4 Å². The highest BCUT2D eigenvalue weighted by atomic mass is 35.5. The summed E-state index contributed by atoms with van der Waals surface area (Å²) in [6.07, 6.45) is 1.53. The minimum atomic E-state index is -0.611. The molecule has 0 aliphatic heterocycles. The summed E-state index contributed by atoms with van der Waals surface area (Å²) in [5.41, 5.74) is 2.65. The minimum Gasteiger partial charge on any atom is -0.497 e. The topological polar surface area (TPSA) is 106 Å². The molecule has 0 spiro atoms. The molecular weight excluding hydrogens is 681 g/mol. The summed E-state index contributed by atoms with van der Waals surface area (Å²) in [6.45, 7) is 0. The first-order valence-electron chi connectivity index (χ1n) is 14.9. The number of hydrogen-bond donors (Lipinski definition) is 3. The van der Waals surface area contributed by atoms with Crippen LogP contribution >= 0.6 is 35.0 Å². The number of benzene rings is 5. The summed E-state index contributed by atoms with van der Waals surface area (Å²) in [6, 6.07) is 35.0. The largest absolute Gasteiger partial charge is 0.497 e. The molecule has 1 unspecified atom stereocenters. The predicted octanol–water partition coefficient (Wildman–Crippen LogP) is 8.89. The van der Waals surface area contributed by atoms with Crippen molar-refractivity contribution in [1.82, 2.24) is 5.32 Å². The van der Waals surface area contributed by atoms with Gasteiger partial charge in [-0.2, -0.15) is 0 Å². The van der Waals surface area contributed by atoms with Crippen LogP contribution in [0.4, 0.5) is 11.4 Å². The van der Waals surface area contributed by atoms with Gasteiger partial charge >= 0.3 is 0 Å². The van der Waals surface area contributed by atoms with Crippen LogP contribution < -0.4 is 25.4 Å². The van der Waals surface area contributed by atoms with Crippen molar-refractivity contribution < 1.29 is 23.9 Å². The third-order valence-corrected chi connectivity index (χ3v) is 8.80. The van der Waals surface area contributed by atoms with E-state index in [0.29, 0.717) is 44.0 Å². The molecule has 0 saturated carbocycles. The van der Waals surface area contributed by atoms with Crippen LogP contribution in [-0.4, -0.2) is 31.9 Å². The van der Waals surface area contributed by atoms with Gasteiger partial charge in [0.15, 0.2) is 0 Å². The Morgan fingerprint density at radius 1 is 0.714 bits per heavy atom. The van der Waals surface area contributed by atoms with Gasteiger partial charge in [-0.1, -0.05) is 71.7 Å². The summed E-state index contributed by atoms with van der Waals surface area (Å²) in [7, 11) is 3.05. The maximum Gasteiger partial charge on any atom is 0.272 e. The highest BCUT2D eigenvalue weighted by Gasteiger charge is 2.23. The fourth-order valence-corrected chi connectivity index (χ4v) is 6.29. The van der Waals surface area contributed by atoms with Gasteiger partial charge in [0.1, 0.15) is 22.4 Å². The highest BCUT2D eigenvalue weighted by molar-refractivity contribution is 8.00. The Hall–Kier alpha value is -5.22. The molecule has 11 heteroatoms. The van der Waals surface area contributed by atoms with Gasteiger partial charge in [0.2, 0.25) is 5.91 Å². The Balaban J connectivity index is 1.37. The molecule has 0 saturated heterocycles. The van der Waals surface area contributed by atoms with Crippen molar-refractivity contribution >= 4 is 70.1 Å². The number of nitrogens with one attached hydrogen (secondary N) is 3. The number of rotatable bonds is 12. The van der Waals surface area contributed by atoms with E-state index >= 15 is 0 Å². The number of halogens is 2. The molecule has 0 heterocycles. The molecule has 0 aromatic heterocycles. The third-order valence-electron chi connectivity index (χ3n) is 7.10. The maximum atomic E-state index is 13.7. The second-order valence-electron chi connectivity index (χ2n) is 10.5. The van der Waals surface area contributed by atoms with Gasteiger partial charge in [0.25, 0.3) is 11.8 Å². The summed E-state index contributed by atoms with van der Waals surface area (Å²) in [5, 5.41) is 8.70. The molecule has 3 N–H and O–H groups in total. The Labute approximate surface area is 298 Å². The average Bonchev–Trinajstić information content (AvgIpc) is 3.11. The Morgan fingerprint density at radius 2 is 1.37 bits per heavy atom. The standard InChI is InChI=1S/C38H31Cl2N3O5S/c1-47-31-15-18-34(48-2)26(19-31)20-33(43-36(44)25-11-7-4-8-12-25)37(45)41-29-13-16-32(17-14-29)49-35(24-9-5-3-6-10-24)38(46)42-30-22-27(39)21-28(40)23-30/h3-23,35H,1-2H3,(H,41,45)(H,42,46)(H,43,44)/b33-20-. The van der Waals surface area contributed by atoms with Gasteiger partial charge in [0, 0.05) is 37.4 Å². The molecule has 0 fully saturated rings. The highest BCUT2D eigenvalue weighted by Crippen LogP contribution is 2.37. The summed E-state index contributed by atoms with van der Waals surface area (Å²) < 4.78 is 10.8. The van der Waals surface area contributed by atoms with Crippen LogP contribution in [0.2, 0.25) is 10.0 Å². The molecule has 8 nitrogen and oxygen atoms in total. The number of carbonyl (C=O) groups excluding carboxylic acids is 3. The lowest BCUT2D eigenvalue weighted by Crippen LogP contribution is -2.30. The van der Waals surface area contributed by atoms with E-state index in [1.54, 1.807) is 91.0 Å². The lowest BCUT2D eigenvalue weighted by Gasteiger charge is -2.18. The molecule has 0 radical (unpaired) electrons. The van der Waals surface area contributed by atoms with E-state index < -0.39 is 17.1 Å². The van der Waals surface area contributed by atoms with Crippen molar-refractivity contribution in [2.75, 3.05) is 24.9 Å².